The molecule has 1 aromatic rings. The minimum atomic E-state index is -3.57. The van der Waals surface area contributed by atoms with Crippen LogP contribution in [0.25, 0.3) is 0 Å². The zero-order valence-corrected chi connectivity index (χ0v) is 28.3. The van der Waals surface area contributed by atoms with Gasteiger partial charge in [-0.25, -0.2) is 0 Å². The predicted molar refractivity (Wildman–Crippen MR) is 179 cm³/mol. The van der Waals surface area contributed by atoms with Gasteiger partial charge in [0.15, 0.2) is 0 Å². The van der Waals surface area contributed by atoms with Crippen molar-refractivity contribution >= 4 is 18.0 Å². The van der Waals surface area contributed by atoms with E-state index < -0.39 is 10.1 Å². The summed E-state index contributed by atoms with van der Waals surface area (Å²) in [5.41, 5.74) is 3.57. The summed E-state index contributed by atoms with van der Waals surface area (Å²) in [5.74, 6) is 0. The second-order valence-corrected chi connectivity index (χ2v) is 17.8. The summed E-state index contributed by atoms with van der Waals surface area (Å²) in [6.07, 6.45) is 35.9. The summed E-state index contributed by atoms with van der Waals surface area (Å²) in [6, 6.07) is 8.33. The second-order valence-electron chi connectivity index (χ2n) is 13.1. The highest BCUT2D eigenvalue weighted by Gasteiger charge is 2.36. The van der Waals surface area contributed by atoms with Crippen LogP contribution in [0.5, 0.6) is 0 Å². The van der Waals surface area contributed by atoms with Gasteiger partial charge in [-0.3, -0.25) is 4.18 Å². The number of hydrogen-bond donors (Lipinski definition) is 0. The highest BCUT2D eigenvalue weighted by atomic mass is 32.2. The minimum Gasteiger partial charge on any atom is -0.266 e. The van der Waals surface area contributed by atoms with E-state index in [-0.39, 0.29) is 11.5 Å². The molecule has 0 aromatic heterocycles. The molecule has 0 amide bonds. The zero-order chi connectivity index (χ0) is 29.0. The van der Waals surface area contributed by atoms with Gasteiger partial charge in [0.2, 0.25) is 0 Å². The molecule has 3 saturated carbocycles. The standard InChI is InChI=1S/C18H30O3S.C18H33P/c1-2-3-4-5-6-7-8-9-10-14-17-21-22(19,20)18-15-12-11-13-16-18;1-4-10-16(11-5-1)19(17-12-6-2-7-13-17)18-14-8-3-9-15-18/h11-13,15-16H,2-10,14,17H2,1H3;16-18H,1-15H2. The van der Waals surface area contributed by atoms with Crippen molar-refractivity contribution in [1.29, 1.82) is 0 Å². The van der Waals surface area contributed by atoms with Crippen LogP contribution in [0.3, 0.4) is 0 Å². The van der Waals surface area contributed by atoms with Crippen LogP contribution in [-0.4, -0.2) is 32.0 Å². The molecule has 0 bridgehead atoms. The van der Waals surface area contributed by atoms with Crippen LogP contribution in [0.15, 0.2) is 35.2 Å². The Labute approximate surface area is 256 Å². The first kappa shape index (κ1) is 35.0. The van der Waals surface area contributed by atoms with E-state index in [1.165, 1.54) is 87.6 Å². The molecule has 0 heterocycles. The predicted octanol–water partition coefficient (Wildman–Crippen LogP) is 11.8. The third-order valence-corrected chi connectivity index (χ3v) is 15.2. The van der Waals surface area contributed by atoms with Crippen molar-refractivity contribution < 1.29 is 12.6 Å². The maximum Gasteiger partial charge on any atom is 0.296 e. The topological polar surface area (TPSA) is 43.4 Å². The fourth-order valence-electron chi connectivity index (χ4n) is 7.45. The molecule has 0 radical (unpaired) electrons. The molecule has 5 heteroatoms. The SMILES string of the molecule is C1CCC(P(C2CCCCC2)C2CCCCC2)CC1.CCCCCCCCCCCCOS(=O)(=O)c1ccccc1. The Kier molecular flexibility index (Phi) is 18.2. The summed E-state index contributed by atoms with van der Waals surface area (Å²) in [6.45, 7) is 2.52. The third-order valence-electron chi connectivity index (χ3n) is 9.76. The molecule has 3 aliphatic carbocycles. The van der Waals surface area contributed by atoms with Crippen LogP contribution < -0.4 is 0 Å². The maximum atomic E-state index is 11.9. The molecule has 1 aromatic carbocycles. The quantitative estimate of drug-likeness (QED) is 0.107. The highest BCUT2D eigenvalue weighted by Crippen LogP contribution is 2.61. The third kappa shape index (κ3) is 13.8. The van der Waals surface area contributed by atoms with Crippen LogP contribution >= 0.6 is 7.92 Å². The Morgan fingerprint density at radius 3 is 1.39 bits per heavy atom. The van der Waals surface area contributed by atoms with Crippen LogP contribution in [0.4, 0.5) is 0 Å². The molecule has 0 unspecified atom stereocenters. The monoisotopic (exact) mass is 606 g/mol. The molecule has 3 aliphatic rings. The number of benzene rings is 1. The van der Waals surface area contributed by atoms with Crippen LogP contribution in [0.2, 0.25) is 0 Å². The van der Waals surface area contributed by atoms with Gasteiger partial charge in [0, 0.05) is 0 Å². The lowest BCUT2D eigenvalue weighted by atomic mass is 9.99. The number of hydrogen-bond acceptors (Lipinski definition) is 3. The Bertz CT molecular complexity index is 813. The molecule has 236 valence electrons. The second kappa shape index (κ2) is 21.3. The Morgan fingerprint density at radius 2 is 0.976 bits per heavy atom. The molecule has 3 fully saturated rings. The normalized spacial score (nSPS) is 19.7. The van der Waals surface area contributed by atoms with Crippen molar-refractivity contribution in [2.75, 3.05) is 6.61 Å². The fourth-order valence-corrected chi connectivity index (χ4v) is 13.1. The van der Waals surface area contributed by atoms with Crippen molar-refractivity contribution in [3.05, 3.63) is 30.3 Å². The summed E-state index contributed by atoms with van der Waals surface area (Å²) >= 11 is 0. The number of unbranched alkanes of at least 4 members (excludes halogenated alkanes) is 9. The fraction of sp³-hybridized carbons (Fsp3) is 0.833. The molecule has 0 spiro atoms. The molecule has 0 saturated heterocycles. The van der Waals surface area contributed by atoms with Gasteiger partial charge in [0.1, 0.15) is 0 Å². The van der Waals surface area contributed by atoms with Gasteiger partial charge < -0.3 is 0 Å². The minimum absolute atomic E-state index is 0.238. The molecular weight excluding hydrogens is 543 g/mol. The first-order valence-electron chi connectivity index (χ1n) is 17.8. The van der Waals surface area contributed by atoms with Crippen molar-refractivity contribution in [2.45, 2.75) is 189 Å². The zero-order valence-electron chi connectivity index (χ0n) is 26.6. The van der Waals surface area contributed by atoms with Crippen molar-refractivity contribution in [2.24, 2.45) is 0 Å². The van der Waals surface area contributed by atoms with E-state index in [1.807, 2.05) is 0 Å². The Morgan fingerprint density at radius 1 is 0.585 bits per heavy atom. The van der Waals surface area contributed by atoms with Crippen molar-refractivity contribution in [3.63, 3.8) is 0 Å². The van der Waals surface area contributed by atoms with E-state index >= 15 is 0 Å². The van der Waals surface area contributed by atoms with Crippen LogP contribution in [-0.2, 0) is 14.3 Å². The largest absolute Gasteiger partial charge is 0.296 e. The van der Waals surface area contributed by atoms with Crippen molar-refractivity contribution in [1.82, 2.24) is 0 Å². The lowest BCUT2D eigenvalue weighted by Crippen LogP contribution is -2.28. The van der Waals surface area contributed by atoms with Gasteiger partial charge in [-0.05, 0) is 74.1 Å². The van der Waals surface area contributed by atoms with E-state index in [4.69, 9.17) is 4.18 Å². The van der Waals surface area contributed by atoms with E-state index in [9.17, 15) is 8.42 Å². The summed E-state index contributed by atoms with van der Waals surface area (Å²) < 4.78 is 28.8. The van der Waals surface area contributed by atoms with Gasteiger partial charge >= 0.3 is 0 Å². The molecule has 0 atom stereocenters. The summed E-state index contributed by atoms with van der Waals surface area (Å²) in [5, 5.41) is 0. The molecule has 3 nitrogen and oxygen atoms in total. The van der Waals surface area contributed by atoms with E-state index in [2.05, 4.69) is 6.92 Å². The average Bonchev–Trinajstić information content (AvgIpc) is 3.02. The first-order chi connectivity index (χ1) is 20.1. The first-order valence-corrected chi connectivity index (χ1v) is 20.8. The highest BCUT2D eigenvalue weighted by molar-refractivity contribution is 7.86. The number of rotatable bonds is 16. The Balaban J connectivity index is 0.000000227. The lowest BCUT2D eigenvalue weighted by Gasteiger charge is -2.44. The van der Waals surface area contributed by atoms with Gasteiger partial charge in [0.05, 0.1) is 11.5 Å². The maximum absolute atomic E-state index is 11.9. The summed E-state index contributed by atoms with van der Waals surface area (Å²) in [4.78, 5) is 0.238. The molecule has 41 heavy (non-hydrogen) atoms. The average molecular weight is 607 g/mol. The van der Waals surface area contributed by atoms with E-state index in [0.29, 0.717) is 7.92 Å². The van der Waals surface area contributed by atoms with Gasteiger partial charge in [-0.2, -0.15) is 8.42 Å². The van der Waals surface area contributed by atoms with Gasteiger partial charge in [0.25, 0.3) is 10.1 Å². The Hall–Kier alpha value is -0.440. The van der Waals surface area contributed by atoms with Gasteiger partial charge in [-0.15, -0.1) is 0 Å². The molecule has 0 N–H and O–H groups in total. The smallest absolute Gasteiger partial charge is 0.266 e. The van der Waals surface area contributed by atoms with E-state index in [0.717, 1.165) is 12.8 Å². The van der Waals surface area contributed by atoms with Gasteiger partial charge in [-0.1, -0.05) is 149 Å². The van der Waals surface area contributed by atoms with Crippen LogP contribution in [0, 0.1) is 0 Å². The van der Waals surface area contributed by atoms with E-state index in [1.54, 1.807) is 107 Å². The molecule has 4 rings (SSSR count). The molecule has 0 aliphatic heterocycles. The molecular formula is C36H63O3PS. The van der Waals surface area contributed by atoms with Crippen molar-refractivity contribution in [3.8, 4) is 0 Å². The van der Waals surface area contributed by atoms with Crippen LogP contribution in [0.1, 0.15) is 167 Å². The summed E-state index contributed by atoms with van der Waals surface area (Å²) in [7, 11) is -3.19. The lowest BCUT2D eigenvalue weighted by molar-refractivity contribution is 0.306.